The summed E-state index contributed by atoms with van der Waals surface area (Å²) in [4.78, 5) is 11.5. The van der Waals surface area contributed by atoms with Crippen molar-refractivity contribution in [3.8, 4) is 0 Å². The van der Waals surface area contributed by atoms with Gasteiger partial charge in [-0.3, -0.25) is 9.48 Å². The molecule has 3 N–H and O–H groups in total. The molecule has 1 rings (SSSR count). The highest BCUT2D eigenvalue weighted by molar-refractivity contribution is 5.75. The van der Waals surface area contributed by atoms with E-state index in [0.717, 1.165) is 31.4 Å². The van der Waals surface area contributed by atoms with Gasteiger partial charge in [0.2, 0.25) is 5.91 Å². The molecule has 1 heterocycles. The minimum atomic E-state index is 0.129. The fourth-order valence-corrected chi connectivity index (χ4v) is 1.67. The highest BCUT2D eigenvalue weighted by Gasteiger charge is 2.02. The number of aryl methyl sites for hydroxylation is 1. The molecular weight excluding hydrogens is 216 g/mol. The fraction of sp³-hybridized carbons (Fsp3) is 0.667. The minimum Gasteiger partial charge on any atom is -0.356 e. The maximum atomic E-state index is 11.5. The molecule has 5 heteroatoms. The van der Waals surface area contributed by atoms with E-state index in [-0.39, 0.29) is 5.91 Å². The Balaban J connectivity index is 2.06. The molecule has 0 atom stereocenters. The van der Waals surface area contributed by atoms with Gasteiger partial charge >= 0.3 is 0 Å². The van der Waals surface area contributed by atoms with Crippen LogP contribution in [0.3, 0.4) is 0 Å². The zero-order valence-electron chi connectivity index (χ0n) is 10.5. The number of hydrogen-bond acceptors (Lipinski definition) is 3. The van der Waals surface area contributed by atoms with E-state index in [4.69, 9.17) is 5.73 Å². The van der Waals surface area contributed by atoms with Crippen LogP contribution in [-0.2, 0) is 18.3 Å². The van der Waals surface area contributed by atoms with E-state index in [0.29, 0.717) is 19.5 Å². The average Bonchev–Trinajstić information content (AvgIpc) is 2.71. The van der Waals surface area contributed by atoms with Crippen molar-refractivity contribution >= 4 is 5.91 Å². The lowest BCUT2D eigenvalue weighted by molar-refractivity contribution is -0.121. The number of hydrogen-bond donors (Lipinski definition) is 2. The lowest BCUT2D eigenvalue weighted by Gasteiger charge is -2.05. The maximum Gasteiger partial charge on any atom is 0.220 e. The fourth-order valence-electron chi connectivity index (χ4n) is 1.67. The van der Waals surface area contributed by atoms with Crippen LogP contribution < -0.4 is 11.1 Å². The number of amides is 1. The predicted molar refractivity (Wildman–Crippen MR) is 67.4 cm³/mol. The van der Waals surface area contributed by atoms with Crippen molar-refractivity contribution in [2.45, 2.75) is 32.1 Å². The van der Waals surface area contributed by atoms with Gasteiger partial charge in [-0.15, -0.1) is 0 Å². The number of unbranched alkanes of at least 4 members (excludes halogenated alkanes) is 2. The molecule has 0 aliphatic heterocycles. The number of rotatable bonds is 8. The summed E-state index contributed by atoms with van der Waals surface area (Å²) in [5, 5.41) is 6.99. The standard InChI is InChI=1S/C12H22N4O/c1-16-11(7-10-15-16)6-9-14-12(17)5-3-2-4-8-13/h7,10H,2-6,8-9,13H2,1H3,(H,14,17). The number of aromatic nitrogens is 2. The first-order valence-corrected chi connectivity index (χ1v) is 6.17. The van der Waals surface area contributed by atoms with Crippen molar-refractivity contribution in [3.63, 3.8) is 0 Å². The van der Waals surface area contributed by atoms with E-state index in [9.17, 15) is 4.79 Å². The molecule has 0 radical (unpaired) electrons. The molecule has 0 aliphatic carbocycles. The van der Waals surface area contributed by atoms with Crippen molar-refractivity contribution in [3.05, 3.63) is 18.0 Å². The Morgan fingerprint density at radius 3 is 2.94 bits per heavy atom. The van der Waals surface area contributed by atoms with Gasteiger partial charge in [0.25, 0.3) is 0 Å². The van der Waals surface area contributed by atoms with Crippen LogP contribution in [0.5, 0.6) is 0 Å². The Bertz CT molecular complexity index is 335. The smallest absolute Gasteiger partial charge is 0.220 e. The third-order valence-electron chi connectivity index (χ3n) is 2.73. The third kappa shape index (κ3) is 5.49. The van der Waals surface area contributed by atoms with Gasteiger partial charge in [-0.25, -0.2) is 0 Å². The summed E-state index contributed by atoms with van der Waals surface area (Å²) >= 11 is 0. The summed E-state index contributed by atoms with van der Waals surface area (Å²) in [6.45, 7) is 1.39. The molecule has 0 bridgehead atoms. The molecule has 5 nitrogen and oxygen atoms in total. The number of nitrogens with one attached hydrogen (secondary N) is 1. The van der Waals surface area contributed by atoms with Crippen molar-refractivity contribution in [2.24, 2.45) is 12.8 Å². The Morgan fingerprint density at radius 2 is 2.29 bits per heavy atom. The topological polar surface area (TPSA) is 72.9 Å². The zero-order valence-corrected chi connectivity index (χ0v) is 10.5. The second kappa shape index (κ2) is 7.84. The summed E-state index contributed by atoms with van der Waals surface area (Å²) < 4.78 is 1.83. The van der Waals surface area contributed by atoms with Crippen LogP contribution >= 0.6 is 0 Å². The Hall–Kier alpha value is -1.36. The second-order valence-electron chi connectivity index (χ2n) is 4.15. The predicted octanol–water partition coefficient (Wildman–Crippen LogP) is 0.598. The molecule has 17 heavy (non-hydrogen) atoms. The van der Waals surface area contributed by atoms with Gasteiger partial charge in [0.05, 0.1) is 0 Å². The van der Waals surface area contributed by atoms with Crippen LogP contribution in [-0.4, -0.2) is 28.8 Å². The minimum absolute atomic E-state index is 0.129. The van der Waals surface area contributed by atoms with Gasteiger partial charge in [0.1, 0.15) is 0 Å². The summed E-state index contributed by atoms with van der Waals surface area (Å²) in [5.41, 5.74) is 6.52. The molecule has 0 fully saturated rings. The number of carbonyl (C=O) groups excluding carboxylic acids is 1. The van der Waals surface area contributed by atoms with Crippen LogP contribution in [0.25, 0.3) is 0 Å². The highest BCUT2D eigenvalue weighted by atomic mass is 16.1. The van der Waals surface area contributed by atoms with Gasteiger partial charge in [-0.05, 0) is 25.5 Å². The van der Waals surface area contributed by atoms with Crippen LogP contribution in [0.15, 0.2) is 12.3 Å². The van der Waals surface area contributed by atoms with E-state index in [1.165, 1.54) is 0 Å². The average molecular weight is 238 g/mol. The van der Waals surface area contributed by atoms with Crippen molar-refractivity contribution < 1.29 is 4.79 Å². The van der Waals surface area contributed by atoms with Crippen molar-refractivity contribution in [2.75, 3.05) is 13.1 Å². The molecule has 0 saturated carbocycles. The van der Waals surface area contributed by atoms with Crippen LogP contribution in [0.4, 0.5) is 0 Å². The number of carbonyl (C=O) groups is 1. The molecule has 0 unspecified atom stereocenters. The summed E-state index contributed by atoms with van der Waals surface area (Å²) in [6, 6.07) is 1.97. The Morgan fingerprint density at radius 1 is 1.47 bits per heavy atom. The second-order valence-corrected chi connectivity index (χ2v) is 4.15. The lowest BCUT2D eigenvalue weighted by atomic mass is 10.2. The van der Waals surface area contributed by atoms with Gasteiger partial charge in [-0.2, -0.15) is 5.10 Å². The first-order valence-electron chi connectivity index (χ1n) is 6.17. The first-order chi connectivity index (χ1) is 8.24. The Kier molecular flexibility index (Phi) is 6.32. The van der Waals surface area contributed by atoms with Crippen LogP contribution in [0.1, 0.15) is 31.4 Å². The van der Waals surface area contributed by atoms with E-state index >= 15 is 0 Å². The van der Waals surface area contributed by atoms with Gasteiger partial charge in [0.15, 0.2) is 0 Å². The van der Waals surface area contributed by atoms with Gasteiger partial charge in [-0.1, -0.05) is 6.42 Å². The highest BCUT2D eigenvalue weighted by Crippen LogP contribution is 1.99. The molecule has 1 amide bonds. The zero-order chi connectivity index (χ0) is 12.5. The molecule has 0 aromatic carbocycles. The van der Waals surface area contributed by atoms with E-state index < -0.39 is 0 Å². The monoisotopic (exact) mass is 238 g/mol. The number of nitrogens with two attached hydrogens (primary N) is 1. The summed E-state index contributed by atoms with van der Waals surface area (Å²) in [6.07, 6.45) is 6.16. The quantitative estimate of drug-likeness (QED) is 0.651. The SMILES string of the molecule is Cn1nccc1CCNC(=O)CCCCCN. The molecule has 1 aromatic rings. The summed E-state index contributed by atoms with van der Waals surface area (Å²) in [5.74, 6) is 0.129. The first kappa shape index (κ1) is 13.7. The molecule has 0 aliphatic rings. The largest absolute Gasteiger partial charge is 0.356 e. The van der Waals surface area contributed by atoms with E-state index in [1.807, 2.05) is 17.8 Å². The Labute approximate surface area is 102 Å². The van der Waals surface area contributed by atoms with Crippen LogP contribution in [0, 0.1) is 0 Å². The molecular formula is C12H22N4O. The molecule has 1 aromatic heterocycles. The molecule has 96 valence electrons. The van der Waals surface area contributed by atoms with Gasteiger partial charge in [0, 0.05) is 38.3 Å². The normalized spacial score (nSPS) is 10.5. The van der Waals surface area contributed by atoms with Gasteiger partial charge < -0.3 is 11.1 Å². The van der Waals surface area contributed by atoms with E-state index in [1.54, 1.807) is 6.20 Å². The lowest BCUT2D eigenvalue weighted by Crippen LogP contribution is -2.25. The summed E-state index contributed by atoms with van der Waals surface area (Å²) in [7, 11) is 1.91. The molecule has 0 spiro atoms. The third-order valence-corrected chi connectivity index (χ3v) is 2.73. The van der Waals surface area contributed by atoms with Crippen molar-refractivity contribution in [1.82, 2.24) is 15.1 Å². The molecule has 0 saturated heterocycles. The number of nitrogens with zero attached hydrogens (tertiary/aromatic N) is 2. The van der Waals surface area contributed by atoms with E-state index in [2.05, 4.69) is 10.4 Å². The van der Waals surface area contributed by atoms with Crippen molar-refractivity contribution in [1.29, 1.82) is 0 Å². The van der Waals surface area contributed by atoms with Crippen LogP contribution in [0.2, 0.25) is 0 Å². The maximum absolute atomic E-state index is 11.5.